The summed E-state index contributed by atoms with van der Waals surface area (Å²) in [5, 5.41) is 13.7. The molecule has 346 valence electrons. The van der Waals surface area contributed by atoms with Gasteiger partial charge < -0.3 is 49.8 Å². The number of allylic oxidation sites excluding steroid dienone is 2. The van der Waals surface area contributed by atoms with Crippen LogP contribution in [0.15, 0.2) is 76.8 Å². The van der Waals surface area contributed by atoms with Gasteiger partial charge >= 0.3 is 13.0 Å². The van der Waals surface area contributed by atoms with Crippen molar-refractivity contribution in [2.75, 3.05) is 38.5 Å². The minimum absolute atomic E-state index is 0.0415. The zero-order valence-corrected chi connectivity index (χ0v) is 38.5. The monoisotopic (exact) mass is 928 g/mol. The molecule has 14 nitrogen and oxygen atoms in total. The maximum Gasteiger partial charge on any atom is 0.737 e. The van der Waals surface area contributed by atoms with Crippen LogP contribution in [-0.4, -0.2) is 83.2 Å². The summed E-state index contributed by atoms with van der Waals surface area (Å²) >= 11 is 2.92. The SMILES string of the molecule is Cc1nc(N)sc1CCCN=C(N)NC(=O)NCCCCCCCCNC(=O)CCCCCNC(=O)COc1ccc(/C=C/c2ccc3n2[B-](F)(F)[N+]2=C(c4cccs4)C=CC2=C3)cc1. The number of hydrogen-bond donors (Lipinski definition) is 6. The highest BCUT2D eigenvalue weighted by Gasteiger charge is 2.52. The molecule has 0 unspecified atom stereocenters. The van der Waals surface area contributed by atoms with Gasteiger partial charge in [0, 0.05) is 67.1 Å². The normalized spacial score (nSPS) is 14.0. The number of thiophene rings is 1. The van der Waals surface area contributed by atoms with E-state index in [0.29, 0.717) is 66.3 Å². The number of anilines is 1. The fourth-order valence-corrected chi connectivity index (χ4v) is 9.20. The van der Waals surface area contributed by atoms with Crippen LogP contribution in [0.2, 0.25) is 0 Å². The summed E-state index contributed by atoms with van der Waals surface area (Å²) in [6.45, 7) is -0.108. The number of carbonyl (C=O) groups excluding carboxylic acids is 3. The molecule has 5 heterocycles. The number of guanidine groups is 1. The highest BCUT2D eigenvalue weighted by Crippen LogP contribution is 2.34. The van der Waals surface area contributed by atoms with Crippen LogP contribution in [0.3, 0.4) is 0 Å². The molecular formula is C46H59BF2N10O4S2. The van der Waals surface area contributed by atoms with Gasteiger partial charge in [-0.25, -0.2) is 9.78 Å². The van der Waals surface area contributed by atoms with Gasteiger partial charge in [0.05, 0.1) is 10.6 Å². The van der Waals surface area contributed by atoms with Crippen LogP contribution in [0, 0.1) is 6.92 Å². The van der Waals surface area contributed by atoms with E-state index in [0.717, 1.165) is 101 Å². The molecule has 0 saturated carbocycles. The smallest absolute Gasteiger partial charge is 0.484 e. The van der Waals surface area contributed by atoms with Crippen molar-refractivity contribution in [3.63, 3.8) is 0 Å². The number of rotatable bonds is 25. The number of carbonyl (C=O) groups is 3. The van der Waals surface area contributed by atoms with Crippen LogP contribution >= 0.6 is 22.7 Å². The standard InChI is InChI=1S/C46H59BF2N10O4S2/c1-33-40(65-45(51)56-33)13-11-29-54-44(50)57-46(62)55-28-9-5-3-2-4-8-26-52-42(60)15-7-6-10-27-53-43(61)32-63-38-23-17-34(18-24-38)16-19-35-20-21-36-31-37-22-25-39(41-14-12-30-64-41)59(37)47(48,49)58(35)36/h12,14,16-25,30-31H,2-11,13,15,26-29,32H2,1H3,(H2,51,56)(H,52,60)(H,53,61)(H4,50,54,55,57,62)/b19-16+. The summed E-state index contributed by atoms with van der Waals surface area (Å²) in [6, 6.07) is 13.9. The average molecular weight is 929 g/mol. The van der Waals surface area contributed by atoms with Gasteiger partial charge in [-0.3, -0.25) is 19.9 Å². The maximum absolute atomic E-state index is 16.1. The minimum Gasteiger partial charge on any atom is -0.484 e. The number of aromatic nitrogens is 2. The number of aliphatic imine (C=N–C) groups is 1. The Balaban J connectivity index is 0.739. The highest BCUT2D eigenvalue weighted by atomic mass is 32.1. The van der Waals surface area contributed by atoms with Crippen molar-refractivity contribution in [3.8, 4) is 5.75 Å². The Kier molecular flexibility index (Phi) is 18.1. The molecule has 0 fully saturated rings. The third-order valence-electron chi connectivity index (χ3n) is 10.9. The van der Waals surface area contributed by atoms with Gasteiger partial charge in [-0.2, -0.15) is 0 Å². The molecule has 0 spiro atoms. The molecule has 8 N–H and O–H groups in total. The van der Waals surface area contributed by atoms with Crippen LogP contribution in [0.4, 0.5) is 18.6 Å². The molecule has 3 aromatic heterocycles. The van der Waals surface area contributed by atoms with E-state index in [2.05, 4.69) is 31.2 Å². The Morgan fingerprint density at radius 2 is 1.58 bits per heavy atom. The number of ether oxygens (including phenoxy) is 1. The zero-order chi connectivity index (χ0) is 46.0. The van der Waals surface area contributed by atoms with E-state index in [1.54, 1.807) is 54.6 Å². The van der Waals surface area contributed by atoms with Crippen molar-refractivity contribution >= 4 is 82.5 Å². The number of nitrogens with zero attached hydrogens (tertiary/aromatic N) is 4. The molecular weight excluding hydrogens is 870 g/mol. The molecule has 0 bridgehead atoms. The fraction of sp³-hybridized carbons (Fsp3) is 0.391. The molecule has 4 aromatic rings. The third-order valence-corrected chi connectivity index (χ3v) is 12.9. The summed E-state index contributed by atoms with van der Waals surface area (Å²) in [6.07, 6.45) is 19.0. The van der Waals surface area contributed by atoms with E-state index in [9.17, 15) is 14.4 Å². The van der Waals surface area contributed by atoms with Crippen molar-refractivity contribution in [2.24, 2.45) is 10.7 Å². The number of benzene rings is 1. The number of amides is 4. The van der Waals surface area contributed by atoms with E-state index in [4.69, 9.17) is 16.2 Å². The van der Waals surface area contributed by atoms with Crippen LogP contribution < -0.4 is 37.5 Å². The highest BCUT2D eigenvalue weighted by molar-refractivity contribution is 7.15. The third kappa shape index (κ3) is 14.5. The van der Waals surface area contributed by atoms with Gasteiger partial charge in [0.1, 0.15) is 5.75 Å². The van der Waals surface area contributed by atoms with Crippen LogP contribution in [0.1, 0.15) is 103 Å². The number of fused-ring (bicyclic) bond motifs is 2. The molecule has 19 heteroatoms. The lowest BCUT2D eigenvalue weighted by molar-refractivity contribution is -0.360. The summed E-state index contributed by atoms with van der Waals surface area (Å²) in [5.41, 5.74) is 15.1. The second-order valence-corrected chi connectivity index (χ2v) is 18.0. The van der Waals surface area contributed by atoms with Gasteiger partial charge in [-0.05, 0) is 92.8 Å². The number of thiazole rings is 1. The zero-order valence-electron chi connectivity index (χ0n) is 36.8. The number of hydrogen-bond acceptors (Lipinski definition) is 9. The van der Waals surface area contributed by atoms with Crippen LogP contribution in [0.5, 0.6) is 5.75 Å². The summed E-state index contributed by atoms with van der Waals surface area (Å²) in [7, 11) is 0. The Labute approximate surface area is 387 Å². The van der Waals surface area contributed by atoms with E-state index in [1.165, 1.54) is 22.7 Å². The van der Waals surface area contributed by atoms with Gasteiger partial charge in [0.25, 0.3) is 5.91 Å². The summed E-state index contributed by atoms with van der Waals surface area (Å²) in [4.78, 5) is 47.0. The molecule has 0 saturated heterocycles. The molecule has 2 aliphatic heterocycles. The number of urea groups is 1. The van der Waals surface area contributed by atoms with Crippen LogP contribution in [-0.2, 0) is 16.0 Å². The number of aryl methyl sites for hydroxylation is 2. The number of unbranched alkanes of at least 4 members (excludes halogenated alkanes) is 7. The molecule has 4 amide bonds. The molecule has 6 rings (SSSR count). The Hall–Kier alpha value is -6.08. The molecule has 0 aliphatic carbocycles. The molecule has 65 heavy (non-hydrogen) atoms. The molecule has 2 aliphatic rings. The number of nitrogens with one attached hydrogen (secondary N) is 4. The summed E-state index contributed by atoms with van der Waals surface area (Å²) in [5.74, 6) is 0.425. The first-order valence-electron chi connectivity index (χ1n) is 22.3. The average Bonchev–Trinajstić information content (AvgIpc) is 4.11. The van der Waals surface area contributed by atoms with Gasteiger partial charge in [0.15, 0.2) is 29.1 Å². The first kappa shape index (κ1) is 48.4. The number of nitrogen functional groups attached to an aromatic ring is 1. The predicted octanol–water partition coefficient (Wildman–Crippen LogP) is 7.47. The van der Waals surface area contributed by atoms with E-state index in [1.807, 2.05) is 36.6 Å². The second kappa shape index (κ2) is 24.3. The van der Waals surface area contributed by atoms with E-state index < -0.39 is 6.97 Å². The fourth-order valence-electron chi connectivity index (χ4n) is 7.58. The number of halogens is 2. The Bertz CT molecular complexity index is 2390. The molecule has 1 aromatic carbocycles. The lowest BCUT2D eigenvalue weighted by Gasteiger charge is -2.30. The van der Waals surface area contributed by atoms with Gasteiger partial charge in [-0.1, -0.05) is 56.4 Å². The topological polar surface area (TPSA) is 194 Å². The largest absolute Gasteiger partial charge is 0.737 e. The van der Waals surface area contributed by atoms with E-state index in [-0.39, 0.29) is 30.4 Å². The summed E-state index contributed by atoms with van der Waals surface area (Å²) < 4.78 is 40.1. The van der Waals surface area contributed by atoms with Crippen LogP contribution in [0.25, 0.3) is 18.2 Å². The first-order chi connectivity index (χ1) is 31.5. The van der Waals surface area contributed by atoms with E-state index >= 15 is 8.63 Å². The van der Waals surface area contributed by atoms with Crippen molar-refractivity contribution in [3.05, 3.63) is 104 Å². The Morgan fingerprint density at radius 1 is 0.877 bits per heavy atom. The van der Waals surface area contributed by atoms with Crippen molar-refractivity contribution in [1.29, 1.82) is 0 Å². The van der Waals surface area contributed by atoms with Crippen molar-refractivity contribution < 1.29 is 32.2 Å². The number of nitrogens with two attached hydrogens (primary N) is 2. The lowest BCUT2D eigenvalue weighted by Crippen LogP contribution is -2.50. The lowest BCUT2D eigenvalue weighted by atomic mass is 9.90. The van der Waals surface area contributed by atoms with Gasteiger partial charge in [-0.15, -0.1) is 22.7 Å². The first-order valence-corrected chi connectivity index (χ1v) is 24.0. The quantitative estimate of drug-likeness (QED) is 0.0172. The predicted molar refractivity (Wildman–Crippen MR) is 259 cm³/mol. The molecule has 0 atom stereocenters. The maximum atomic E-state index is 16.1. The minimum atomic E-state index is -4.12. The van der Waals surface area contributed by atoms with Gasteiger partial charge in [0.2, 0.25) is 5.91 Å². The second-order valence-electron chi connectivity index (χ2n) is 15.9. The van der Waals surface area contributed by atoms with Crippen molar-refractivity contribution in [1.82, 2.24) is 30.7 Å². The molecule has 0 radical (unpaired) electrons. The van der Waals surface area contributed by atoms with Crippen molar-refractivity contribution in [2.45, 2.75) is 84.0 Å². The Morgan fingerprint density at radius 3 is 2.29 bits per heavy atom.